The van der Waals surface area contributed by atoms with Crippen LogP contribution in [0, 0.1) is 11.3 Å². The molecule has 2 N–H and O–H groups in total. The number of rotatable bonds is 6. The van der Waals surface area contributed by atoms with Gasteiger partial charge in [-0.25, -0.2) is 4.98 Å². The Morgan fingerprint density at radius 2 is 1.91 bits per heavy atom. The fraction of sp³-hybridized carbons (Fsp3) is 0.417. The van der Waals surface area contributed by atoms with Gasteiger partial charge >= 0.3 is 6.18 Å². The van der Waals surface area contributed by atoms with E-state index in [2.05, 4.69) is 33.1 Å². The third-order valence-corrected chi connectivity index (χ3v) is 6.90. The van der Waals surface area contributed by atoms with Crippen molar-refractivity contribution in [2.24, 2.45) is 11.3 Å². The monoisotopic (exact) mass is 441 g/mol. The zero-order valence-electron chi connectivity index (χ0n) is 17.8. The Kier molecular flexibility index (Phi) is 5.20. The van der Waals surface area contributed by atoms with Crippen molar-refractivity contribution in [2.45, 2.75) is 31.9 Å². The molecular weight excluding hydrogens is 415 g/mol. The average Bonchev–Trinajstić information content (AvgIpc) is 3.36. The molecule has 1 aromatic carbocycles. The molecule has 1 saturated heterocycles. The second kappa shape index (κ2) is 7.92. The lowest BCUT2D eigenvalue weighted by atomic mass is 9.92. The highest BCUT2D eigenvalue weighted by atomic mass is 19.4. The number of fused-ring (bicyclic) bond motifs is 1. The lowest BCUT2D eigenvalue weighted by Gasteiger charge is -2.35. The zero-order valence-corrected chi connectivity index (χ0v) is 17.8. The Morgan fingerprint density at radius 1 is 1.12 bits per heavy atom. The van der Waals surface area contributed by atoms with E-state index >= 15 is 0 Å². The number of hydrogen-bond acceptors (Lipinski definition) is 4. The number of halogens is 3. The third-order valence-electron chi connectivity index (χ3n) is 6.90. The summed E-state index contributed by atoms with van der Waals surface area (Å²) >= 11 is 0. The molecule has 1 aliphatic heterocycles. The molecule has 2 fully saturated rings. The first-order chi connectivity index (χ1) is 15.3. The number of nitrogens with zero attached hydrogens (tertiary/aromatic N) is 3. The number of hydrogen-bond donors (Lipinski definition) is 2. The van der Waals surface area contributed by atoms with Gasteiger partial charge in [0.1, 0.15) is 5.82 Å². The van der Waals surface area contributed by atoms with Crippen LogP contribution in [0.4, 0.5) is 19.0 Å². The quantitative estimate of drug-likeness (QED) is 0.522. The Labute approximate surface area is 184 Å². The molecular formula is C24H26F3N5. The van der Waals surface area contributed by atoms with Gasteiger partial charge in [-0.05, 0) is 61.9 Å². The van der Waals surface area contributed by atoms with Crippen LogP contribution in [-0.4, -0.2) is 45.9 Å². The van der Waals surface area contributed by atoms with E-state index in [-0.39, 0.29) is 25.3 Å². The number of benzene rings is 1. The van der Waals surface area contributed by atoms with Gasteiger partial charge in [0, 0.05) is 41.5 Å². The van der Waals surface area contributed by atoms with E-state index in [1.165, 1.54) is 0 Å². The predicted molar refractivity (Wildman–Crippen MR) is 119 cm³/mol. The van der Waals surface area contributed by atoms with E-state index < -0.39 is 11.6 Å². The molecule has 3 aromatic rings. The highest BCUT2D eigenvalue weighted by molar-refractivity contribution is 5.88. The molecule has 2 aromatic heterocycles. The van der Waals surface area contributed by atoms with Crippen LogP contribution in [0.15, 0.2) is 55.1 Å². The van der Waals surface area contributed by atoms with Crippen molar-refractivity contribution in [3.63, 3.8) is 0 Å². The number of nitrogens with one attached hydrogen (secondary N) is 2. The predicted octanol–water partition coefficient (Wildman–Crippen LogP) is 5.61. The number of H-pyrrole nitrogens is 1. The summed E-state index contributed by atoms with van der Waals surface area (Å²) in [6, 6.07) is 8.17. The molecule has 1 saturated carbocycles. The highest BCUT2D eigenvalue weighted by Crippen LogP contribution is 2.58. The normalized spacial score (nSPS) is 19.2. The molecule has 0 radical (unpaired) electrons. The number of pyridine rings is 1. The Hall–Kier alpha value is -2.87. The molecule has 8 heteroatoms. The van der Waals surface area contributed by atoms with E-state index in [9.17, 15) is 13.2 Å². The van der Waals surface area contributed by atoms with Crippen LogP contribution in [-0.2, 0) is 0 Å². The van der Waals surface area contributed by atoms with Crippen LogP contribution in [0.25, 0.3) is 21.9 Å². The maximum absolute atomic E-state index is 13.3. The van der Waals surface area contributed by atoms with Crippen LogP contribution < -0.4 is 5.32 Å². The van der Waals surface area contributed by atoms with Gasteiger partial charge < -0.3 is 10.2 Å². The summed E-state index contributed by atoms with van der Waals surface area (Å²) in [4.78, 5) is 6.48. The number of aromatic nitrogens is 3. The van der Waals surface area contributed by atoms with E-state index in [0.717, 1.165) is 46.3 Å². The van der Waals surface area contributed by atoms with Crippen molar-refractivity contribution in [3.8, 4) is 11.1 Å². The first-order valence-corrected chi connectivity index (χ1v) is 11.0. The summed E-state index contributed by atoms with van der Waals surface area (Å²) in [5, 5.41) is 12.3. The van der Waals surface area contributed by atoms with Crippen molar-refractivity contribution in [1.82, 2.24) is 20.1 Å². The lowest BCUT2D eigenvalue weighted by molar-refractivity contribution is -0.192. The van der Waals surface area contributed by atoms with Crippen LogP contribution >= 0.6 is 0 Å². The molecule has 32 heavy (non-hydrogen) atoms. The number of aromatic amines is 1. The highest BCUT2D eigenvalue weighted by Gasteiger charge is 2.63. The third kappa shape index (κ3) is 4.11. The van der Waals surface area contributed by atoms with Crippen molar-refractivity contribution in [3.05, 3.63) is 55.1 Å². The molecule has 3 heterocycles. The SMILES string of the molecule is C=C(Nc1cc2cc(-c3cn[nH]c3)ccc2cn1)C1CCN(CC2(C(F)(F)F)CC2)CC1. The van der Waals surface area contributed by atoms with Gasteiger partial charge in [-0.1, -0.05) is 18.7 Å². The summed E-state index contributed by atoms with van der Waals surface area (Å²) in [6.07, 6.45) is 3.52. The number of alkyl halides is 3. The van der Waals surface area contributed by atoms with Gasteiger partial charge in [0.2, 0.25) is 0 Å². The smallest absolute Gasteiger partial charge is 0.344 e. The van der Waals surface area contributed by atoms with Crippen LogP contribution in [0.2, 0.25) is 0 Å². The van der Waals surface area contributed by atoms with E-state index in [4.69, 9.17) is 0 Å². The second-order valence-corrected chi connectivity index (χ2v) is 9.10. The maximum atomic E-state index is 13.3. The second-order valence-electron chi connectivity index (χ2n) is 9.10. The van der Waals surface area contributed by atoms with E-state index in [0.29, 0.717) is 13.1 Å². The maximum Gasteiger partial charge on any atom is 0.395 e. The van der Waals surface area contributed by atoms with Gasteiger partial charge in [-0.2, -0.15) is 18.3 Å². The molecule has 0 bridgehead atoms. The average molecular weight is 442 g/mol. The molecule has 0 unspecified atom stereocenters. The van der Waals surface area contributed by atoms with Crippen molar-refractivity contribution >= 4 is 16.6 Å². The summed E-state index contributed by atoms with van der Waals surface area (Å²) < 4.78 is 39.8. The van der Waals surface area contributed by atoms with E-state index in [1.807, 2.05) is 35.5 Å². The molecule has 0 spiro atoms. The van der Waals surface area contributed by atoms with Gasteiger partial charge in [-0.3, -0.25) is 5.10 Å². The number of anilines is 1. The minimum absolute atomic E-state index is 0.133. The molecule has 0 atom stereocenters. The van der Waals surface area contributed by atoms with E-state index in [1.54, 1.807) is 6.20 Å². The Morgan fingerprint density at radius 3 is 2.56 bits per heavy atom. The minimum atomic E-state index is -4.09. The Bertz CT molecular complexity index is 1110. The first-order valence-electron chi connectivity index (χ1n) is 11.0. The number of piperidine rings is 1. The van der Waals surface area contributed by atoms with Gasteiger partial charge in [0.05, 0.1) is 11.6 Å². The number of allylic oxidation sites excluding steroid dienone is 1. The first kappa shape index (κ1) is 21.0. The molecule has 1 aliphatic carbocycles. The summed E-state index contributed by atoms with van der Waals surface area (Å²) in [6.45, 7) is 5.67. The van der Waals surface area contributed by atoms with Gasteiger partial charge in [0.15, 0.2) is 0 Å². The summed E-state index contributed by atoms with van der Waals surface area (Å²) in [7, 11) is 0. The molecule has 5 rings (SSSR count). The van der Waals surface area contributed by atoms with Crippen LogP contribution in [0.5, 0.6) is 0 Å². The fourth-order valence-electron chi connectivity index (χ4n) is 4.61. The summed E-state index contributed by atoms with van der Waals surface area (Å²) in [5.41, 5.74) is 1.51. The topological polar surface area (TPSA) is 56.8 Å². The minimum Gasteiger partial charge on any atom is -0.344 e. The standard InChI is InChI=1S/C24H26F3N5/c1-16(17-4-8-32(9-5-17)15-23(6-7-23)24(25,26)27)31-22-11-20-10-18(21-13-29-30-14-21)2-3-19(20)12-28-22/h2-3,10-14,17H,1,4-9,15H2,(H,28,31)(H,29,30). The van der Waals surface area contributed by atoms with Crippen molar-refractivity contribution in [1.29, 1.82) is 0 Å². The van der Waals surface area contributed by atoms with Crippen LogP contribution in [0.1, 0.15) is 25.7 Å². The molecule has 0 amide bonds. The van der Waals surface area contributed by atoms with Crippen molar-refractivity contribution < 1.29 is 13.2 Å². The van der Waals surface area contributed by atoms with Gasteiger partial charge in [-0.15, -0.1) is 0 Å². The van der Waals surface area contributed by atoms with Crippen molar-refractivity contribution in [2.75, 3.05) is 25.0 Å². The molecule has 168 valence electrons. The zero-order chi connectivity index (χ0) is 22.3. The van der Waals surface area contributed by atoms with Gasteiger partial charge in [0.25, 0.3) is 0 Å². The molecule has 5 nitrogen and oxygen atoms in total. The Balaban J connectivity index is 1.21. The van der Waals surface area contributed by atoms with Crippen LogP contribution in [0.3, 0.4) is 0 Å². The summed E-state index contributed by atoms with van der Waals surface area (Å²) in [5.74, 6) is 0.949. The number of likely N-dealkylation sites (tertiary alicyclic amines) is 1. The lowest BCUT2D eigenvalue weighted by Crippen LogP contribution is -2.42. The largest absolute Gasteiger partial charge is 0.395 e. The molecule has 2 aliphatic rings. The fourth-order valence-corrected chi connectivity index (χ4v) is 4.61.